The average Bonchev–Trinajstić information content (AvgIpc) is 2.53. The number of benzene rings is 2. The third-order valence-corrected chi connectivity index (χ3v) is 4.51. The second-order valence-electron chi connectivity index (χ2n) is 5.00. The maximum Gasteiger partial charge on any atom is 0.261 e. The molecule has 2 N–H and O–H groups in total. The van der Waals surface area contributed by atoms with Crippen LogP contribution in [0.1, 0.15) is 15.9 Å². The van der Waals surface area contributed by atoms with Crippen molar-refractivity contribution < 1.29 is 13.2 Å². The van der Waals surface area contributed by atoms with Gasteiger partial charge in [0.1, 0.15) is 0 Å². The molecular formula is C17H18N2O3S. The van der Waals surface area contributed by atoms with Gasteiger partial charge in [-0.25, -0.2) is 8.42 Å². The summed E-state index contributed by atoms with van der Waals surface area (Å²) in [6, 6.07) is 12.9. The molecule has 0 heterocycles. The summed E-state index contributed by atoms with van der Waals surface area (Å²) in [4.78, 5) is 12.1. The Morgan fingerprint density at radius 1 is 1.17 bits per heavy atom. The predicted molar refractivity (Wildman–Crippen MR) is 91.0 cm³/mol. The first kappa shape index (κ1) is 16.8. The highest BCUT2D eigenvalue weighted by molar-refractivity contribution is 7.92. The zero-order valence-corrected chi connectivity index (χ0v) is 13.6. The molecular weight excluding hydrogens is 312 g/mol. The van der Waals surface area contributed by atoms with Gasteiger partial charge in [0.25, 0.3) is 15.9 Å². The fourth-order valence-electron chi connectivity index (χ4n) is 1.92. The molecule has 0 unspecified atom stereocenters. The van der Waals surface area contributed by atoms with Gasteiger partial charge in [-0.3, -0.25) is 9.52 Å². The van der Waals surface area contributed by atoms with Crippen LogP contribution < -0.4 is 10.0 Å². The molecule has 0 saturated heterocycles. The van der Waals surface area contributed by atoms with E-state index in [2.05, 4.69) is 16.6 Å². The van der Waals surface area contributed by atoms with Gasteiger partial charge in [-0.05, 0) is 37.3 Å². The van der Waals surface area contributed by atoms with Crippen molar-refractivity contribution >= 4 is 21.6 Å². The quantitative estimate of drug-likeness (QED) is 0.800. The number of anilines is 1. The molecule has 0 spiro atoms. The molecule has 23 heavy (non-hydrogen) atoms. The molecule has 0 aromatic heterocycles. The van der Waals surface area contributed by atoms with E-state index in [9.17, 15) is 13.2 Å². The molecule has 0 aliphatic carbocycles. The Hall–Kier alpha value is -2.60. The van der Waals surface area contributed by atoms with Gasteiger partial charge in [0.2, 0.25) is 0 Å². The molecule has 0 atom stereocenters. The number of rotatable bonds is 6. The van der Waals surface area contributed by atoms with Crippen molar-refractivity contribution in [1.82, 2.24) is 5.32 Å². The first-order chi connectivity index (χ1) is 10.9. The summed E-state index contributed by atoms with van der Waals surface area (Å²) in [6.45, 7) is 5.76. The van der Waals surface area contributed by atoms with Gasteiger partial charge in [-0.15, -0.1) is 6.58 Å². The maximum absolute atomic E-state index is 12.3. The van der Waals surface area contributed by atoms with Gasteiger partial charge in [-0.2, -0.15) is 0 Å². The molecule has 0 aliphatic heterocycles. The zero-order chi connectivity index (χ0) is 16.9. The number of nitrogens with one attached hydrogen (secondary N) is 2. The van der Waals surface area contributed by atoms with Crippen molar-refractivity contribution in [1.29, 1.82) is 0 Å². The fourth-order valence-corrected chi connectivity index (χ4v) is 2.97. The Bertz CT molecular complexity index is 812. The minimum atomic E-state index is -3.69. The van der Waals surface area contributed by atoms with E-state index >= 15 is 0 Å². The summed E-state index contributed by atoms with van der Waals surface area (Å²) in [5.74, 6) is -0.290. The molecule has 6 heteroatoms. The maximum atomic E-state index is 12.3. The summed E-state index contributed by atoms with van der Waals surface area (Å²) < 4.78 is 27.2. The van der Waals surface area contributed by atoms with Crippen LogP contribution in [-0.2, 0) is 10.0 Å². The summed E-state index contributed by atoms with van der Waals surface area (Å²) in [7, 11) is -3.69. The van der Waals surface area contributed by atoms with Gasteiger partial charge in [0.05, 0.1) is 4.90 Å². The van der Waals surface area contributed by atoms with E-state index in [0.717, 1.165) is 5.56 Å². The van der Waals surface area contributed by atoms with Gasteiger partial charge in [0, 0.05) is 17.8 Å². The molecule has 0 radical (unpaired) electrons. The molecule has 0 fully saturated rings. The van der Waals surface area contributed by atoms with Crippen LogP contribution in [0.5, 0.6) is 0 Å². The monoisotopic (exact) mass is 330 g/mol. The van der Waals surface area contributed by atoms with E-state index in [1.165, 1.54) is 18.2 Å². The van der Waals surface area contributed by atoms with E-state index in [1.54, 1.807) is 36.4 Å². The van der Waals surface area contributed by atoms with Crippen molar-refractivity contribution in [2.24, 2.45) is 0 Å². The van der Waals surface area contributed by atoms with Crippen molar-refractivity contribution in [3.63, 3.8) is 0 Å². The molecule has 5 nitrogen and oxygen atoms in total. The Kier molecular flexibility index (Phi) is 5.18. The lowest BCUT2D eigenvalue weighted by molar-refractivity contribution is 0.0958. The number of amides is 1. The summed E-state index contributed by atoms with van der Waals surface area (Å²) in [5, 5.41) is 2.64. The second-order valence-corrected chi connectivity index (χ2v) is 6.68. The van der Waals surface area contributed by atoms with Crippen LogP contribution in [0.25, 0.3) is 0 Å². The topological polar surface area (TPSA) is 75.3 Å². The van der Waals surface area contributed by atoms with Crippen LogP contribution in [0.15, 0.2) is 66.1 Å². The minimum Gasteiger partial charge on any atom is -0.349 e. The van der Waals surface area contributed by atoms with Crippen LogP contribution in [0, 0.1) is 6.92 Å². The Morgan fingerprint density at radius 3 is 2.52 bits per heavy atom. The largest absolute Gasteiger partial charge is 0.349 e. The van der Waals surface area contributed by atoms with Crippen molar-refractivity contribution in [2.45, 2.75) is 11.8 Å². The van der Waals surface area contributed by atoms with E-state index in [4.69, 9.17) is 0 Å². The lowest BCUT2D eigenvalue weighted by Gasteiger charge is -2.10. The minimum absolute atomic E-state index is 0.171. The second kappa shape index (κ2) is 7.11. The third kappa shape index (κ3) is 4.43. The average molecular weight is 330 g/mol. The van der Waals surface area contributed by atoms with Crippen LogP contribution >= 0.6 is 0 Å². The normalized spacial score (nSPS) is 10.8. The molecule has 120 valence electrons. The fraction of sp³-hybridized carbons (Fsp3) is 0.118. The number of carbonyl (C=O) groups excluding carboxylic acids is 1. The predicted octanol–water partition coefficient (Wildman–Crippen LogP) is 2.71. The number of aryl methyl sites for hydroxylation is 1. The summed E-state index contributed by atoms with van der Waals surface area (Å²) >= 11 is 0. The SMILES string of the molecule is C=CCNC(=O)c1cccc(NS(=O)(=O)c2ccc(C)cc2)c1. The lowest BCUT2D eigenvalue weighted by atomic mass is 10.2. The number of hydrogen-bond acceptors (Lipinski definition) is 3. The van der Waals surface area contributed by atoms with Crippen molar-refractivity contribution in [2.75, 3.05) is 11.3 Å². The number of carbonyl (C=O) groups is 1. The molecule has 0 saturated carbocycles. The Balaban J connectivity index is 2.21. The molecule has 2 aromatic rings. The number of hydrogen-bond donors (Lipinski definition) is 2. The summed E-state index contributed by atoms with van der Waals surface area (Å²) in [5.41, 5.74) is 1.68. The molecule has 0 aliphatic rings. The lowest BCUT2D eigenvalue weighted by Crippen LogP contribution is -2.23. The van der Waals surface area contributed by atoms with Gasteiger partial charge in [0.15, 0.2) is 0 Å². The molecule has 2 aromatic carbocycles. The van der Waals surface area contributed by atoms with Gasteiger partial charge < -0.3 is 5.32 Å². The third-order valence-electron chi connectivity index (χ3n) is 3.12. The van der Waals surface area contributed by atoms with Crippen LogP contribution in [0.4, 0.5) is 5.69 Å². The summed E-state index contributed by atoms with van der Waals surface area (Å²) in [6.07, 6.45) is 1.57. The van der Waals surface area contributed by atoms with E-state index in [0.29, 0.717) is 17.8 Å². The van der Waals surface area contributed by atoms with E-state index in [1.807, 2.05) is 6.92 Å². The van der Waals surface area contributed by atoms with Gasteiger partial charge in [-0.1, -0.05) is 29.8 Å². The van der Waals surface area contributed by atoms with Crippen LogP contribution in [-0.4, -0.2) is 20.9 Å². The van der Waals surface area contributed by atoms with Crippen molar-refractivity contribution in [3.05, 3.63) is 72.3 Å². The smallest absolute Gasteiger partial charge is 0.261 e. The van der Waals surface area contributed by atoms with E-state index < -0.39 is 10.0 Å². The number of sulfonamides is 1. The Labute approximate surface area is 136 Å². The Morgan fingerprint density at radius 2 is 1.87 bits per heavy atom. The van der Waals surface area contributed by atoms with Crippen LogP contribution in [0.2, 0.25) is 0 Å². The molecule has 1 amide bonds. The first-order valence-corrected chi connectivity index (χ1v) is 8.49. The van der Waals surface area contributed by atoms with Crippen LogP contribution in [0.3, 0.4) is 0 Å². The standard InChI is InChI=1S/C17H18N2O3S/c1-3-11-18-17(20)14-5-4-6-15(12-14)19-23(21,22)16-9-7-13(2)8-10-16/h3-10,12,19H,1,11H2,2H3,(H,18,20). The van der Waals surface area contributed by atoms with Crippen molar-refractivity contribution in [3.8, 4) is 0 Å². The highest BCUT2D eigenvalue weighted by Gasteiger charge is 2.14. The highest BCUT2D eigenvalue weighted by Crippen LogP contribution is 2.17. The van der Waals surface area contributed by atoms with E-state index in [-0.39, 0.29) is 10.8 Å². The zero-order valence-electron chi connectivity index (χ0n) is 12.7. The first-order valence-electron chi connectivity index (χ1n) is 7.01. The molecule has 0 bridgehead atoms. The van der Waals surface area contributed by atoms with Gasteiger partial charge >= 0.3 is 0 Å². The molecule has 2 rings (SSSR count). The highest BCUT2D eigenvalue weighted by atomic mass is 32.2.